The van der Waals surface area contributed by atoms with Crippen molar-refractivity contribution in [1.82, 2.24) is 4.90 Å². The van der Waals surface area contributed by atoms with Crippen molar-refractivity contribution in [3.63, 3.8) is 0 Å². The molecule has 0 aliphatic carbocycles. The van der Waals surface area contributed by atoms with Crippen LogP contribution in [0.15, 0.2) is 48.5 Å². The SMILES string of the molecule is CCOC(=O)c1ccc(N2CCN(C(=O)Nc3ccccc3C(C)C)CC2)cc1. The monoisotopic (exact) mass is 395 g/mol. The average Bonchev–Trinajstić information content (AvgIpc) is 2.74. The second-order valence-corrected chi connectivity index (χ2v) is 7.41. The van der Waals surface area contributed by atoms with Gasteiger partial charge in [0, 0.05) is 37.6 Å². The van der Waals surface area contributed by atoms with Crippen molar-refractivity contribution in [1.29, 1.82) is 0 Å². The normalized spacial score (nSPS) is 14.1. The van der Waals surface area contributed by atoms with Crippen molar-refractivity contribution in [3.05, 3.63) is 59.7 Å². The number of ether oxygens (including phenoxy) is 1. The van der Waals surface area contributed by atoms with E-state index in [2.05, 4.69) is 30.1 Å². The number of carbonyl (C=O) groups is 2. The Hall–Kier alpha value is -3.02. The fourth-order valence-corrected chi connectivity index (χ4v) is 3.50. The first kappa shape index (κ1) is 20.7. The highest BCUT2D eigenvalue weighted by atomic mass is 16.5. The molecular weight excluding hydrogens is 366 g/mol. The summed E-state index contributed by atoms with van der Waals surface area (Å²) in [6, 6.07) is 15.3. The highest BCUT2D eigenvalue weighted by Gasteiger charge is 2.22. The largest absolute Gasteiger partial charge is 0.462 e. The molecule has 3 rings (SSSR count). The van der Waals surface area contributed by atoms with Crippen LogP contribution in [0.4, 0.5) is 16.2 Å². The van der Waals surface area contributed by atoms with Gasteiger partial charge in [-0.2, -0.15) is 0 Å². The van der Waals surface area contributed by atoms with Gasteiger partial charge in [-0.1, -0.05) is 32.0 Å². The first-order valence-corrected chi connectivity index (χ1v) is 10.2. The van der Waals surface area contributed by atoms with E-state index in [9.17, 15) is 9.59 Å². The van der Waals surface area contributed by atoms with Crippen molar-refractivity contribution in [2.45, 2.75) is 26.7 Å². The quantitative estimate of drug-likeness (QED) is 0.765. The number of hydrogen-bond acceptors (Lipinski definition) is 4. The zero-order valence-electron chi connectivity index (χ0n) is 17.4. The number of nitrogens with zero attached hydrogens (tertiary/aromatic N) is 2. The average molecular weight is 396 g/mol. The van der Waals surface area contributed by atoms with E-state index in [1.54, 1.807) is 19.1 Å². The van der Waals surface area contributed by atoms with Gasteiger partial charge in [0.15, 0.2) is 0 Å². The fourth-order valence-electron chi connectivity index (χ4n) is 3.50. The number of rotatable bonds is 5. The predicted molar refractivity (Wildman–Crippen MR) is 116 cm³/mol. The van der Waals surface area contributed by atoms with Crippen LogP contribution < -0.4 is 10.2 Å². The van der Waals surface area contributed by atoms with Gasteiger partial charge in [0.1, 0.15) is 0 Å². The maximum atomic E-state index is 12.7. The lowest BCUT2D eigenvalue weighted by Crippen LogP contribution is -2.50. The van der Waals surface area contributed by atoms with Crippen LogP contribution in [0.2, 0.25) is 0 Å². The number of benzene rings is 2. The molecule has 2 aromatic rings. The third-order valence-corrected chi connectivity index (χ3v) is 5.13. The minimum absolute atomic E-state index is 0.0598. The Kier molecular flexibility index (Phi) is 6.75. The van der Waals surface area contributed by atoms with Gasteiger partial charge >= 0.3 is 12.0 Å². The summed E-state index contributed by atoms with van der Waals surface area (Å²) in [7, 11) is 0. The van der Waals surface area contributed by atoms with Gasteiger partial charge in [-0.3, -0.25) is 0 Å². The number of amides is 2. The molecule has 1 aliphatic rings. The molecule has 1 saturated heterocycles. The molecule has 0 radical (unpaired) electrons. The Morgan fingerprint density at radius 1 is 1.00 bits per heavy atom. The molecule has 1 N–H and O–H groups in total. The Labute approximate surface area is 172 Å². The van der Waals surface area contributed by atoms with Crippen LogP contribution in [0, 0.1) is 0 Å². The molecule has 2 amide bonds. The van der Waals surface area contributed by atoms with Crippen LogP contribution in [0.3, 0.4) is 0 Å². The molecule has 29 heavy (non-hydrogen) atoms. The molecule has 6 nitrogen and oxygen atoms in total. The molecule has 0 aromatic heterocycles. The summed E-state index contributed by atoms with van der Waals surface area (Å²) in [6.45, 7) is 9.20. The number of urea groups is 1. The molecule has 6 heteroatoms. The molecular formula is C23H29N3O3. The third-order valence-electron chi connectivity index (χ3n) is 5.13. The van der Waals surface area contributed by atoms with Gasteiger partial charge in [0.2, 0.25) is 0 Å². The lowest BCUT2D eigenvalue weighted by Gasteiger charge is -2.36. The number of hydrogen-bond donors (Lipinski definition) is 1. The molecule has 2 aromatic carbocycles. The predicted octanol–water partition coefficient (Wildman–Crippen LogP) is 4.34. The maximum absolute atomic E-state index is 12.7. The van der Waals surface area contributed by atoms with Crippen molar-refractivity contribution in [2.24, 2.45) is 0 Å². The number of esters is 1. The Morgan fingerprint density at radius 2 is 1.66 bits per heavy atom. The van der Waals surface area contributed by atoms with E-state index in [1.165, 1.54) is 0 Å². The van der Waals surface area contributed by atoms with Crippen LogP contribution in [-0.2, 0) is 4.74 Å². The molecule has 0 saturated carbocycles. The zero-order valence-corrected chi connectivity index (χ0v) is 17.4. The van der Waals surface area contributed by atoms with Crippen molar-refractivity contribution >= 4 is 23.4 Å². The first-order chi connectivity index (χ1) is 14.0. The van der Waals surface area contributed by atoms with Gasteiger partial charge in [-0.15, -0.1) is 0 Å². The van der Waals surface area contributed by atoms with Gasteiger partial charge < -0.3 is 19.9 Å². The van der Waals surface area contributed by atoms with Crippen molar-refractivity contribution < 1.29 is 14.3 Å². The number of piperazine rings is 1. The zero-order chi connectivity index (χ0) is 20.8. The molecule has 1 fully saturated rings. The number of anilines is 2. The van der Waals surface area contributed by atoms with E-state index in [-0.39, 0.29) is 12.0 Å². The second kappa shape index (κ2) is 9.45. The Balaban J connectivity index is 1.56. The third kappa shape index (κ3) is 5.08. The highest BCUT2D eigenvalue weighted by Crippen LogP contribution is 2.24. The molecule has 0 unspecified atom stereocenters. The summed E-state index contributed by atoms with van der Waals surface area (Å²) in [5, 5.41) is 3.07. The van der Waals surface area contributed by atoms with Crippen LogP contribution in [0.25, 0.3) is 0 Å². The van der Waals surface area contributed by atoms with E-state index in [0.29, 0.717) is 31.2 Å². The molecule has 0 atom stereocenters. The summed E-state index contributed by atoms with van der Waals surface area (Å²) in [5.74, 6) is 0.0446. The highest BCUT2D eigenvalue weighted by molar-refractivity contribution is 5.91. The summed E-state index contributed by atoms with van der Waals surface area (Å²) < 4.78 is 5.02. The minimum Gasteiger partial charge on any atom is -0.462 e. The van der Waals surface area contributed by atoms with E-state index >= 15 is 0 Å². The number of nitrogens with one attached hydrogen (secondary N) is 1. The molecule has 0 bridgehead atoms. The summed E-state index contributed by atoms with van der Waals surface area (Å²) in [4.78, 5) is 28.6. The van der Waals surface area contributed by atoms with Gasteiger partial charge in [-0.25, -0.2) is 9.59 Å². The van der Waals surface area contributed by atoms with Gasteiger partial charge in [0.05, 0.1) is 12.2 Å². The maximum Gasteiger partial charge on any atom is 0.338 e. The Morgan fingerprint density at radius 3 is 2.28 bits per heavy atom. The van der Waals surface area contributed by atoms with Crippen LogP contribution >= 0.6 is 0 Å². The van der Waals surface area contributed by atoms with Crippen molar-refractivity contribution in [3.8, 4) is 0 Å². The Bertz CT molecular complexity index is 841. The molecule has 154 valence electrons. The summed E-state index contributed by atoms with van der Waals surface area (Å²) >= 11 is 0. The van der Waals surface area contributed by atoms with Crippen LogP contribution in [-0.4, -0.2) is 49.7 Å². The topological polar surface area (TPSA) is 61.9 Å². The fraction of sp³-hybridized carbons (Fsp3) is 0.391. The van der Waals surface area contributed by atoms with E-state index in [0.717, 1.165) is 30.0 Å². The lowest BCUT2D eigenvalue weighted by molar-refractivity contribution is 0.0526. The van der Waals surface area contributed by atoms with E-state index < -0.39 is 0 Å². The standard InChI is InChI=1S/C23H29N3O3/c1-4-29-22(27)18-9-11-19(12-10-18)25-13-15-26(16-14-25)23(28)24-21-8-6-5-7-20(21)17(2)3/h5-12,17H,4,13-16H2,1-3H3,(H,24,28). The minimum atomic E-state index is -0.304. The lowest BCUT2D eigenvalue weighted by atomic mass is 10.0. The summed E-state index contributed by atoms with van der Waals surface area (Å²) in [5.41, 5.74) is 3.62. The number of carbonyl (C=O) groups excluding carboxylic acids is 2. The van der Waals surface area contributed by atoms with E-state index in [4.69, 9.17) is 4.74 Å². The van der Waals surface area contributed by atoms with E-state index in [1.807, 2.05) is 35.2 Å². The number of para-hydroxylation sites is 1. The van der Waals surface area contributed by atoms with Gasteiger partial charge in [-0.05, 0) is 48.7 Å². The first-order valence-electron chi connectivity index (χ1n) is 10.2. The second-order valence-electron chi connectivity index (χ2n) is 7.41. The molecule has 1 heterocycles. The van der Waals surface area contributed by atoms with Crippen LogP contribution in [0.1, 0.15) is 42.6 Å². The summed E-state index contributed by atoms with van der Waals surface area (Å²) in [6.07, 6.45) is 0. The van der Waals surface area contributed by atoms with Crippen LogP contribution in [0.5, 0.6) is 0 Å². The molecule has 1 aliphatic heterocycles. The molecule has 0 spiro atoms. The van der Waals surface area contributed by atoms with Gasteiger partial charge in [0.25, 0.3) is 0 Å². The smallest absolute Gasteiger partial charge is 0.338 e. The van der Waals surface area contributed by atoms with Crippen molar-refractivity contribution in [2.75, 3.05) is 43.0 Å².